The van der Waals surface area contributed by atoms with Crippen LogP contribution in [0.3, 0.4) is 0 Å². The highest BCUT2D eigenvalue weighted by Crippen LogP contribution is 2.15. The van der Waals surface area contributed by atoms with Gasteiger partial charge in [-0.3, -0.25) is 4.79 Å². The summed E-state index contributed by atoms with van der Waals surface area (Å²) >= 11 is 1.42. The van der Waals surface area contributed by atoms with Gasteiger partial charge < -0.3 is 10.4 Å². The fraction of sp³-hybridized carbons (Fsp3) is 0.412. The van der Waals surface area contributed by atoms with Crippen LogP contribution in [0.15, 0.2) is 36.5 Å². The van der Waals surface area contributed by atoms with Crippen LogP contribution < -0.4 is 5.32 Å². The molecule has 1 amide bonds. The Morgan fingerprint density at radius 2 is 2.09 bits per heavy atom. The van der Waals surface area contributed by atoms with Crippen LogP contribution in [-0.2, 0) is 12.8 Å². The molecule has 2 rings (SSSR count). The third kappa shape index (κ3) is 4.64. The largest absolute Gasteiger partial charge is 0.391 e. The zero-order valence-electron chi connectivity index (χ0n) is 13.0. The molecule has 1 aromatic heterocycles. The van der Waals surface area contributed by atoms with Gasteiger partial charge in [-0.05, 0) is 25.3 Å². The number of thiazole rings is 1. The van der Waals surface area contributed by atoms with Gasteiger partial charge >= 0.3 is 0 Å². The second kappa shape index (κ2) is 8.06. The lowest BCUT2D eigenvalue weighted by molar-refractivity contribution is 0.0855. The maximum atomic E-state index is 12.2. The van der Waals surface area contributed by atoms with Crippen molar-refractivity contribution in [1.82, 2.24) is 10.3 Å². The number of aliphatic hydroxyl groups excluding tert-OH is 1. The van der Waals surface area contributed by atoms with E-state index in [-0.39, 0.29) is 11.9 Å². The third-order valence-corrected chi connectivity index (χ3v) is 4.52. The fourth-order valence-corrected chi connectivity index (χ4v) is 3.07. The molecule has 0 aliphatic rings. The van der Waals surface area contributed by atoms with Gasteiger partial charge in [0.2, 0.25) is 0 Å². The summed E-state index contributed by atoms with van der Waals surface area (Å²) in [7, 11) is 0. The van der Waals surface area contributed by atoms with Crippen LogP contribution in [-0.4, -0.2) is 28.1 Å². The maximum absolute atomic E-state index is 12.2. The summed E-state index contributed by atoms with van der Waals surface area (Å²) in [5.41, 5.74) is 1.05. The van der Waals surface area contributed by atoms with Crippen molar-refractivity contribution in [2.75, 3.05) is 0 Å². The lowest BCUT2D eigenvalue weighted by atomic mass is 10.0. The number of benzene rings is 1. The number of hydrogen-bond donors (Lipinski definition) is 2. The van der Waals surface area contributed by atoms with E-state index in [1.54, 1.807) is 6.20 Å². The van der Waals surface area contributed by atoms with Crippen LogP contribution >= 0.6 is 11.3 Å². The molecule has 2 unspecified atom stereocenters. The molecule has 0 saturated heterocycles. The summed E-state index contributed by atoms with van der Waals surface area (Å²) in [4.78, 5) is 17.0. The van der Waals surface area contributed by atoms with Gasteiger partial charge in [-0.15, -0.1) is 11.3 Å². The van der Waals surface area contributed by atoms with Gasteiger partial charge in [0.05, 0.1) is 23.4 Å². The minimum atomic E-state index is -0.616. The number of aliphatic hydroxyl groups is 1. The van der Waals surface area contributed by atoms with E-state index in [0.717, 1.165) is 23.4 Å². The van der Waals surface area contributed by atoms with Crippen molar-refractivity contribution < 1.29 is 9.90 Å². The van der Waals surface area contributed by atoms with Crippen LogP contribution in [0, 0.1) is 0 Å². The molecule has 2 aromatic rings. The Bertz CT molecular complexity index is 598. The zero-order valence-corrected chi connectivity index (χ0v) is 13.8. The second-order valence-electron chi connectivity index (χ2n) is 5.39. The zero-order chi connectivity index (χ0) is 15.9. The molecule has 22 heavy (non-hydrogen) atoms. The SMILES string of the molecule is CCCc1ncc(C(=O)NC(C)C(O)Cc2ccccc2)s1. The second-order valence-corrected chi connectivity index (χ2v) is 6.50. The lowest BCUT2D eigenvalue weighted by Gasteiger charge is -2.20. The van der Waals surface area contributed by atoms with Crippen LogP contribution in [0.4, 0.5) is 0 Å². The number of nitrogens with one attached hydrogen (secondary N) is 1. The predicted molar refractivity (Wildman–Crippen MR) is 89.2 cm³/mol. The molecule has 2 atom stereocenters. The average Bonchev–Trinajstić information content (AvgIpc) is 2.97. The number of nitrogens with zero attached hydrogens (tertiary/aromatic N) is 1. The van der Waals surface area contributed by atoms with Crippen molar-refractivity contribution in [3.05, 3.63) is 52.0 Å². The molecule has 0 saturated carbocycles. The number of carbonyl (C=O) groups is 1. The quantitative estimate of drug-likeness (QED) is 0.825. The number of amides is 1. The van der Waals surface area contributed by atoms with E-state index in [2.05, 4.69) is 17.2 Å². The molecular formula is C17H22N2O2S. The summed E-state index contributed by atoms with van der Waals surface area (Å²) in [6.45, 7) is 3.91. The molecule has 0 radical (unpaired) electrons. The van der Waals surface area contributed by atoms with E-state index >= 15 is 0 Å². The smallest absolute Gasteiger partial charge is 0.263 e. The van der Waals surface area contributed by atoms with Crippen molar-refractivity contribution in [3.8, 4) is 0 Å². The number of aromatic nitrogens is 1. The summed E-state index contributed by atoms with van der Waals surface area (Å²) in [5, 5.41) is 14.1. The summed E-state index contributed by atoms with van der Waals surface area (Å²) in [6.07, 6.45) is 3.42. The topological polar surface area (TPSA) is 62.2 Å². The molecular weight excluding hydrogens is 296 g/mol. The Morgan fingerprint density at radius 1 is 1.36 bits per heavy atom. The Balaban J connectivity index is 1.89. The first-order valence-electron chi connectivity index (χ1n) is 7.57. The Morgan fingerprint density at radius 3 is 2.77 bits per heavy atom. The normalized spacial score (nSPS) is 13.6. The van der Waals surface area contributed by atoms with E-state index in [1.165, 1.54) is 11.3 Å². The van der Waals surface area contributed by atoms with Crippen molar-refractivity contribution in [2.24, 2.45) is 0 Å². The number of rotatable bonds is 7. The summed E-state index contributed by atoms with van der Waals surface area (Å²) in [6, 6.07) is 9.45. The van der Waals surface area contributed by atoms with Gasteiger partial charge in [0.1, 0.15) is 4.88 Å². The molecule has 0 bridgehead atoms. The third-order valence-electron chi connectivity index (χ3n) is 3.46. The maximum Gasteiger partial charge on any atom is 0.263 e. The van der Waals surface area contributed by atoms with Crippen LogP contribution in [0.25, 0.3) is 0 Å². The van der Waals surface area contributed by atoms with Gasteiger partial charge in [-0.2, -0.15) is 0 Å². The number of hydrogen-bond acceptors (Lipinski definition) is 4. The molecule has 0 aliphatic heterocycles. The molecule has 1 aromatic carbocycles. The molecule has 4 nitrogen and oxygen atoms in total. The highest BCUT2D eigenvalue weighted by Gasteiger charge is 2.19. The molecule has 1 heterocycles. The minimum Gasteiger partial charge on any atom is -0.391 e. The minimum absolute atomic E-state index is 0.167. The fourth-order valence-electron chi connectivity index (χ4n) is 2.15. The lowest BCUT2D eigenvalue weighted by Crippen LogP contribution is -2.41. The monoisotopic (exact) mass is 318 g/mol. The van der Waals surface area contributed by atoms with E-state index in [1.807, 2.05) is 37.3 Å². The van der Waals surface area contributed by atoms with Gasteiger partial charge in [0.15, 0.2) is 0 Å². The van der Waals surface area contributed by atoms with Crippen LogP contribution in [0.5, 0.6) is 0 Å². The van der Waals surface area contributed by atoms with Crippen molar-refractivity contribution in [1.29, 1.82) is 0 Å². The molecule has 0 spiro atoms. The van der Waals surface area contributed by atoms with E-state index < -0.39 is 6.10 Å². The van der Waals surface area contributed by atoms with Gasteiger partial charge in [0, 0.05) is 6.42 Å². The van der Waals surface area contributed by atoms with Gasteiger partial charge in [0.25, 0.3) is 5.91 Å². The van der Waals surface area contributed by atoms with Crippen molar-refractivity contribution >= 4 is 17.2 Å². The number of aryl methyl sites for hydroxylation is 1. The average molecular weight is 318 g/mol. The van der Waals surface area contributed by atoms with Crippen molar-refractivity contribution in [2.45, 2.75) is 45.3 Å². The van der Waals surface area contributed by atoms with E-state index in [0.29, 0.717) is 11.3 Å². The Kier molecular flexibility index (Phi) is 6.10. The van der Waals surface area contributed by atoms with Crippen LogP contribution in [0.1, 0.15) is 40.5 Å². The summed E-state index contributed by atoms with van der Waals surface area (Å²) < 4.78 is 0. The van der Waals surface area contributed by atoms with Crippen molar-refractivity contribution in [3.63, 3.8) is 0 Å². The highest BCUT2D eigenvalue weighted by molar-refractivity contribution is 7.13. The molecule has 2 N–H and O–H groups in total. The first-order chi connectivity index (χ1) is 10.6. The Labute approximate surface area is 135 Å². The molecule has 118 valence electrons. The number of carbonyl (C=O) groups excluding carboxylic acids is 1. The Hall–Kier alpha value is -1.72. The first-order valence-corrected chi connectivity index (χ1v) is 8.39. The van der Waals surface area contributed by atoms with Gasteiger partial charge in [-0.1, -0.05) is 37.3 Å². The van der Waals surface area contributed by atoms with E-state index in [4.69, 9.17) is 0 Å². The highest BCUT2D eigenvalue weighted by atomic mass is 32.1. The molecule has 5 heteroatoms. The predicted octanol–water partition coefficient (Wildman–Crippen LogP) is 2.82. The summed E-state index contributed by atoms with van der Waals surface area (Å²) in [5.74, 6) is -0.167. The van der Waals surface area contributed by atoms with Gasteiger partial charge in [-0.25, -0.2) is 4.98 Å². The van der Waals surface area contributed by atoms with Crippen LogP contribution in [0.2, 0.25) is 0 Å². The first kappa shape index (κ1) is 16.6. The molecule has 0 aliphatic carbocycles. The van der Waals surface area contributed by atoms with E-state index in [9.17, 15) is 9.90 Å². The standard InChI is InChI=1S/C17H22N2O2S/c1-3-7-16-18-11-15(22-16)17(21)19-12(2)14(20)10-13-8-5-4-6-9-13/h4-6,8-9,11-12,14,20H,3,7,10H2,1-2H3,(H,19,21). The molecule has 0 fully saturated rings.